The molecule has 5 heteroatoms. The van der Waals surface area contributed by atoms with Gasteiger partial charge in [0.2, 0.25) is 0 Å². The van der Waals surface area contributed by atoms with Crippen molar-refractivity contribution in [1.82, 2.24) is 0 Å². The topological polar surface area (TPSA) is 63.6 Å². The highest BCUT2D eigenvalue weighted by Gasteiger charge is 2.06. The maximum absolute atomic E-state index is 10.5. The average molecular weight is 224 g/mol. The van der Waals surface area contributed by atoms with Crippen LogP contribution in [0.4, 0.5) is 0 Å². The molecule has 0 aliphatic rings. The second-order valence-electron chi connectivity index (χ2n) is 3.02. The smallest absolute Gasteiger partial charge is 0.362 e. The minimum atomic E-state index is -4.45. The van der Waals surface area contributed by atoms with Gasteiger partial charge in [-0.2, -0.15) is 8.42 Å². The Kier molecular flexibility index (Phi) is 2.34. The maximum atomic E-state index is 10.5. The zero-order valence-corrected chi connectivity index (χ0v) is 8.44. The molecule has 15 heavy (non-hydrogen) atoms. The Morgan fingerprint density at radius 3 is 2.33 bits per heavy atom. The number of benzene rings is 2. The van der Waals surface area contributed by atoms with E-state index < -0.39 is 10.4 Å². The van der Waals surface area contributed by atoms with E-state index in [9.17, 15) is 8.42 Å². The van der Waals surface area contributed by atoms with Crippen molar-refractivity contribution in [1.29, 1.82) is 0 Å². The molecule has 2 rings (SSSR count). The lowest BCUT2D eigenvalue weighted by atomic mass is 10.1. The molecule has 0 bridgehead atoms. The van der Waals surface area contributed by atoms with Crippen molar-refractivity contribution in [3.8, 4) is 5.75 Å². The van der Waals surface area contributed by atoms with Gasteiger partial charge in [-0.3, -0.25) is 4.55 Å². The summed E-state index contributed by atoms with van der Waals surface area (Å²) >= 11 is 0. The molecule has 4 nitrogen and oxygen atoms in total. The van der Waals surface area contributed by atoms with Crippen molar-refractivity contribution >= 4 is 21.2 Å². The predicted octanol–water partition coefficient (Wildman–Crippen LogP) is 2.02. The fourth-order valence-corrected chi connectivity index (χ4v) is 1.69. The third-order valence-electron chi connectivity index (χ3n) is 1.92. The quantitative estimate of drug-likeness (QED) is 0.792. The largest absolute Gasteiger partial charge is 0.446 e. The van der Waals surface area contributed by atoms with Gasteiger partial charge in [0.25, 0.3) is 0 Å². The van der Waals surface area contributed by atoms with Gasteiger partial charge in [0.05, 0.1) is 0 Å². The van der Waals surface area contributed by atoms with Gasteiger partial charge in [-0.15, -0.1) is 0 Å². The van der Waals surface area contributed by atoms with Crippen LogP contribution in [0.15, 0.2) is 42.5 Å². The van der Waals surface area contributed by atoms with Crippen LogP contribution in [-0.2, 0) is 10.4 Å². The monoisotopic (exact) mass is 224 g/mol. The SMILES string of the molecule is O=S(=O)(O)Oc1ccc2ccccc2c1. The third kappa shape index (κ3) is 2.45. The summed E-state index contributed by atoms with van der Waals surface area (Å²) in [5.41, 5.74) is 0. The molecule has 0 aliphatic carbocycles. The van der Waals surface area contributed by atoms with Gasteiger partial charge in [0.1, 0.15) is 5.75 Å². The molecule has 0 unspecified atom stereocenters. The molecule has 0 aromatic heterocycles. The molecule has 0 amide bonds. The number of hydrogen-bond donors (Lipinski definition) is 1. The molecule has 2 aromatic rings. The molecule has 0 saturated carbocycles. The molecular formula is C10H8O4S. The van der Waals surface area contributed by atoms with Gasteiger partial charge >= 0.3 is 10.4 Å². The van der Waals surface area contributed by atoms with Crippen LogP contribution in [0.5, 0.6) is 5.75 Å². The second kappa shape index (κ2) is 3.52. The van der Waals surface area contributed by atoms with E-state index in [-0.39, 0.29) is 5.75 Å². The molecule has 1 N–H and O–H groups in total. The fourth-order valence-electron chi connectivity index (χ4n) is 1.34. The van der Waals surface area contributed by atoms with Gasteiger partial charge in [-0.05, 0) is 22.9 Å². The lowest BCUT2D eigenvalue weighted by Gasteiger charge is -2.02. The van der Waals surface area contributed by atoms with Crippen molar-refractivity contribution in [2.75, 3.05) is 0 Å². The van der Waals surface area contributed by atoms with Crippen LogP contribution >= 0.6 is 0 Å². The highest BCUT2D eigenvalue weighted by atomic mass is 32.3. The Bertz CT molecular complexity index is 589. The molecule has 0 heterocycles. The molecule has 0 saturated heterocycles. The van der Waals surface area contributed by atoms with Crippen molar-refractivity contribution in [2.24, 2.45) is 0 Å². The Hall–Kier alpha value is -1.59. The van der Waals surface area contributed by atoms with Crippen LogP contribution in [0.25, 0.3) is 10.8 Å². The molecule has 0 radical (unpaired) electrons. The first kappa shape index (κ1) is 9.95. The van der Waals surface area contributed by atoms with Crippen molar-refractivity contribution in [3.63, 3.8) is 0 Å². The van der Waals surface area contributed by atoms with E-state index in [1.807, 2.05) is 24.3 Å². The van der Waals surface area contributed by atoms with Gasteiger partial charge < -0.3 is 4.18 Å². The van der Waals surface area contributed by atoms with E-state index in [1.165, 1.54) is 6.07 Å². The van der Waals surface area contributed by atoms with Crippen LogP contribution in [0.1, 0.15) is 0 Å². The highest BCUT2D eigenvalue weighted by Crippen LogP contribution is 2.21. The first-order valence-corrected chi connectivity index (χ1v) is 5.57. The van der Waals surface area contributed by atoms with Gasteiger partial charge in [-0.25, -0.2) is 0 Å². The Morgan fingerprint density at radius 1 is 1.00 bits per heavy atom. The third-order valence-corrected chi connectivity index (χ3v) is 2.33. The maximum Gasteiger partial charge on any atom is 0.446 e. The molecule has 2 aromatic carbocycles. The minimum absolute atomic E-state index is 0.0937. The zero-order valence-electron chi connectivity index (χ0n) is 7.62. The summed E-state index contributed by atoms with van der Waals surface area (Å²) < 4.78 is 33.8. The normalized spacial score (nSPS) is 11.5. The predicted molar refractivity (Wildman–Crippen MR) is 56.1 cm³/mol. The van der Waals surface area contributed by atoms with Crippen LogP contribution in [0.3, 0.4) is 0 Å². The highest BCUT2D eigenvalue weighted by molar-refractivity contribution is 7.81. The van der Waals surface area contributed by atoms with Crippen molar-refractivity contribution < 1.29 is 17.2 Å². The summed E-state index contributed by atoms with van der Waals surface area (Å²) in [6.07, 6.45) is 0. The number of fused-ring (bicyclic) bond motifs is 1. The lowest BCUT2D eigenvalue weighted by Crippen LogP contribution is -2.06. The van der Waals surface area contributed by atoms with E-state index in [4.69, 9.17) is 4.55 Å². The van der Waals surface area contributed by atoms with E-state index in [1.54, 1.807) is 12.1 Å². The number of rotatable bonds is 2. The molecular weight excluding hydrogens is 216 g/mol. The standard InChI is InChI=1S/C10H8O4S/c11-15(12,13)14-10-6-5-8-3-1-2-4-9(8)7-10/h1-7H,(H,11,12,13). The van der Waals surface area contributed by atoms with Gasteiger partial charge in [0.15, 0.2) is 0 Å². The van der Waals surface area contributed by atoms with E-state index >= 15 is 0 Å². The van der Waals surface area contributed by atoms with E-state index in [0.717, 1.165) is 10.8 Å². The Morgan fingerprint density at radius 2 is 1.67 bits per heavy atom. The zero-order chi connectivity index (χ0) is 10.9. The van der Waals surface area contributed by atoms with Gasteiger partial charge in [0, 0.05) is 0 Å². The summed E-state index contributed by atoms with van der Waals surface area (Å²) in [7, 11) is -4.45. The van der Waals surface area contributed by atoms with Gasteiger partial charge in [-0.1, -0.05) is 30.3 Å². The summed E-state index contributed by atoms with van der Waals surface area (Å²) in [6.45, 7) is 0. The first-order chi connectivity index (χ1) is 7.04. The van der Waals surface area contributed by atoms with Crippen LogP contribution < -0.4 is 4.18 Å². The lowest BCUT2D eigenvalue weighted by molar-refractivity contribution is 0.387. The minimum Gasteiger partial charge on any atom is -0.362 e. The van der Waals surface area contributed by atoms with Crippen molar-refractivity contribution in [2.45, 2.75) is 0 Å². The van der Waals surface area contributed by atoms with E-state index in [0.29, 0.717) is 0 Å². The number of hydrogen-bond acceptors (Lipinski definition) is 3. The first-order valence-electron chi connectivity index (χ1n) is 4.20. The molecule has 0 spiro atoms. The fraction of sp³-hybridized carbons (Fsp3) is 0. The molecule has 0 atom stereocenters. The second-order valence-corrected chi connectivity index (χ2v) is 4.04. The van der Waals surface area contributed by atoms with Crippen molar-refractivity contribution in [3.05, 3.63) is 42.5 Å². The van der Waals surface area contributed by atoms with E-state index in [2.05, 4.69) is 4.18 Å². The van der Waals surface area contributed by atoms with Crippen LogP contribution in [-0.4, -0.2) is 13.0 Å². The average Bonchev–Trinajstić information content (AvgIpc) is 2.15. The molecule has 0 aliphatic heterocycles. The summed E-state index contributed by atoms with van der Waals surface area (Å²) in [5.74, 6) is 0.0937. The Labute approximate surface area is 87.1 Å². The molecule has 78 valence electrons. The summed E-state index contributed by atoms with van der Waals surface area (Å²) in [5, 5.41) is 1.82. The molecule has 0 fully saturated rings. The Balaban J connectivity index is 2.48. The van der Waals surface area contributed by atoms with Crippen LogP contribution in [0, 0.1) is 0 Å². The van der Waals surface area contributed by atoms with Crippen LogP contribution in [0.2, 0.25) is 0 Å². The summed E-state index contributed by atoms with van der Waals surface area (Å²) in [4.78, 5) is 0. The summed E-state index contributed by atoms with van der Waals surface area (Å²) in [6, 6.07) is 12.2.